The van der Waals surface area contributed by atoms with Gasteiger partial charge in [0.1, 0.15) is 11.5 Å². The Morgan fingerprint density at radius 2 is 2.03 bits per heavy atom. The van der Waals surface area contributed by atoms with Crippen molar-refractivity contribution in [1.82, 2.24) is 18.8 Å². The van der Waals surface area contributed by atoms with Crippen molar-refractivity contribution in [2.24, 2.45) is 5.41 Å². The van der Waals surface area contributed by atoms with Crippen LogP contribution in [-0.4, -0.2) is 54.4 Å². The number of hydrogen-bond acceptors (Lipinski definition) is 5. The molecule has 0 amide bonds. The van der Waals surface area contributed by atoms with E-state index in [-0.39, 0.29) is 11.5 Å². The van der Waals surface area contributed by atoms with Gasteiger partial charge in [0.15, 0.2) is 0 Å². The van der Waals surface area contributed by atoms with E-state index in [0.29, 0.717) is 10.8 Å². The van der Waals surface area contributed by atoms with Crippen molar-refractivity contribution in [1.29, 1.82) is 0 Å². The fraction of sp³-hybridized carbons (Fsp3) is 0.500. The van der Waals surface area contributed by atoms with E-state index in [1.807, 2.05) is 26.0 Å². The topological polar surface area (TPSA) is 71.6 Å². The van der Waals surface area contributed by atoms with Crippen molar-refractivity contribution in [3.63, 3.8) is 0 Å². The van der Waals surface area contributed by atoms with Gasteiger partial charge in [-0.25, -0.2) is 17.7 Å². The molecule has 7 nitrogen and oxygen atoms in total. The Bertz CT molecular complexity index is 1440. The third kappa shape index (κ3) is 2.82. The Labute approximate surface area is 201 Å². The summed E-state index contributed by atoms with van der Waals surface area (Å²) in [6, 6.07) is 5.86. The van der Waals surface area contributed by atoms with Gasteiger partial charge in [0.05, 0.1) is 22.1 Å². The lowest BCUT2D eigenvalue weighted by molar-refractivity contribution is 0.0269. The molecule has 1 fully saturated rings. The zero-order valence-corrected chi connectivity index (χ0v) is 21.4. The van der Waals surface area contributed by atoms with E-state index >= 15 is 0 Å². The van der Waals surface area contributed by atoms with Gasteiger partial charge in [-0.1, -0.05) is 6.92 Å². The number of aryl methyl sites for hydroxylation is 2. The molecule has 34 heavy (non-hydrogen) atoms. The number of oxazole rings is 1. The Morgan fingerprint density at radius 3 is 2.71 bits per heavy atom. The summed E-state index contributed by atoms with van der Waals surface area (Å²) >= 11 is 0. The van der Waals surface area contributed by atoms with E-state index in [0.717, 1.165) is 60.4 Å². The second-order valence-electron chi connectivity index (χ2n) is 10.2. The maximum absolute atomic E-state index is 13.0. The predicted molar refractivity (Wildman–Crippen MR) is 132 cm³/mol. The smallest absolute Gasteiger partial charge is 0.243 e. The largest absolute Gasteiger partial charge is 0.440 e. The van der Waals surface area contributed by atoms with Crippen LogP contribution in [0.3, 0.4) is 0 Å². The number of hydrogen-bond donors (Lipinski definition) is 0. The molecule has 3 aliphatic heterocycles. The van der Waals surface area contributed by atoms with Crippen LogP contribution in [-0.2, 0) is 16.4 Å². The third-order valence-corrected chi connectivity index (χ3v) is 10.2. The minimum Gasteiger partial charge on any atom is -0.440 e. The monoisotopic (exact) mass is 480 g/mol. The number of benzene rings is 1. The van der Waals surface area contributed by atoms with E-state index in [1.54, 1.807) is 20.2 Å². The Kier molecular flexibility index (Phi) is 4.73. The number of fused-ring (bicyclic) bond motifs is 3. The summed E-state index contributed by atoms with van der Waals surface area (Å²) in [6.45, 7) is 8.33. The molecule has 0 radical (unpaired) electrons. The molecule has 2 atom stereocenters. The Morgan fingerprint density at radius 1 is 1.24 bits per heavy atom. The molecule has 1 aromatic carbocycles. The second-order valence-corrected chi connectivity index (χ2v) is 12.4. The predicted octanol–water partition coefficient (Wildman–Crippen LogP) is 4.49. The van der Waals surface area contributed by atoms with Gasteiger partial charge < -0.3 is 8.98 Å². The standard InChI is InChI=1S/C26H32N4O3S/c1-6-26-11-7-12-29-13-10-19-20-14-18(34(31,32)28(4)5)8-9-21(20)30(23(19)24(26)29)22(15-26)25-27-16(2)17(3)33-25/h8-9,14-15,24H,6-7,10-13H2,1-5H3/t24-,26-/m0/s1. The van der Waals surface area contributed by atoms with Gasteiger partial charge in [-0.3, -0.25) is 4.90 Å². The number of sulfonamides is 1. The van der Waals surface area contributed by atoms with Crippen molar-refractivity contribution < 1.29 is 12.8 Å². The van der Waals surface area contributed by atoms with Gasteiger partial charge in [0.2, 0.25) is 15.9 Å². The Hall–Kier alpha value is -2.42. The van der Waals surface area contributed by atoms with Crippen molar-refractivity contribution in [2.75, 3.05) is 27.2 Å². The van der Waals surface area contributed by atoms with Gasteiger partial charge in [-0.2, -0.15) is 0 Å². The molecule has 0 bridgehead atoms. The second kappa shape index (κ2) is 7.29. The van der Waals surface area contributed by atoms with E-state index < -0.39 is 10.0 Å². The van der Waals surface area contributed by atoms with E-state index in [1.165, 1.54) is 22.0 Å². The summed E-state index contributed by atoms with van der Waals surface area (Å²) in [6.07, 6.45) is 6.68. The quantitative estimate of drug-likeness (QED) is 0.550. The molecule has 0 saturated carbocycles. The highest BCUT2D eigenvalue weighted by Crippen LogP contribution is 2.57. The summed E-state index contributed by atoms with van der Waals surface area (Å²) in [7, 11) is -0.359. The Balaban J connectivity index is 1.69. The van der Waals surface area contributed by atoms with Crippen LogP contribution in [0.5, 0.6) is 0 Å². The van der Waals surface area contributed by atoms with Crippen LogP contribution in [0.25, 0.3) is 16.6 Å². The molecule has 2 aromatic heterocycles. The van der Waals surface area contributed by atoms with Crippen molar-refractivity contribution in [2.45, 2.75) is 57.4 Å². The summed E-state index contributed by atoms with van der Waals surface area (Å²) in [5.41, 5.74) is 5.51. The summed E-state index contributed by atoms with van der Waals surface area (Å²) in [4.78, 5) is 7.78. The molecule has 0 spiro atoms. The van der Waals surface area contributed by atoms with Crippen LogP contribution < -0.4 is 0 Å². The lowest BCUT2D eigenvalue weighted by atomic mass is 9.66. The first-order chi connectivity index (χ1) is 16.2. The summed E-state index contributed by atoms with van der Waals surface area (Å²) in [5.74, 6) is 1.48. The van der Waals surface area contributed by atoms with Crippen molar-refractivity contribution in [3.05, 3.63) is 52.9 Å². The maximum Gasteiger partial charge on any atom is 0.243 e. The number of nitrogens with zero attached hydrogens (tertiary/aromatic N) is 4. The van der Waals surface area contributed by atoms with Crippen molar-refractivity contribution in [3.8, 4) is 0 Å². The summed E-state index contributed by atoms with van der Waals surface area (Å²) in [5, 5.41) is 1.03. The number of piperidine rings is 1. The van der Waals surface area contributed by atoms with E-state index in [2.05, 4.69) is 22.5 Å². The van der Waals surface area contributed by atoms with Gasteiger partial charge in [0, 0.05) is 37.1 Å². The molecular formula is C26H32N4O3S. The van der Waals surface area contributed by atoms with Gasteiger partial charge >= 0.3 is 0 Å². The third-order valence-electron chi connectivity index (χ3n) is 8.34. The van der Waals surface area contributed by atoms with Crippen LogP contribution >= 0.6 is 0 Å². The molecule has 5 heterocycles. The molecule has 180 valence electrons. The first kappa shape index (κ1) is 22.1. The van der Waals surface area contributed by atoms with Gasteiger partial charge in [0.25, 0.3) is 0 Å². The van der Waals surface area contributed by atoms with Crippen LogP contribution in [0, 0.1) is 19.3 Å². The lowest BCUT2D eigenvalue weighted by Gasteiger charge is -2.53. The molecule has 8 heteroatoms. The zero-order chi connectivity index (χ0) is 24.0. The first-order valence-electron chi connectivity index (χ1n) is 12.2. The van der Waals surface area contributed by atoms with Gasteiger partial charge in [-0.15, -0.1) is 0 Å². The lowest BCUT2D eigenvalue weighted by Crippen LogP contribution is -2.50. The van der Waals surface area contributed by atoms with Crippen LogP contribution in [0.2, 0.25) is 0 Å². The normalized spacial score (nSPS) is 24.5. The van der Waals surface area contributed by atoms with Crippen molar-refractivity contribution >= 4 is 26.6 Å². The zero-order valence-electron chi connectivity index (χ0n) is 20.6. The molecule has 1 saturated heterocycles. The van der Waals surface area contributed by atoms with Crippen LogP contribution in [0.15, 0.2) is 33.6 Å². The summed E-state index contributed by atoms with van der Waals surface area (Å²) < 4.78 is 35.7. The SMILES string of the molecule is CC[C@@]12C=C(c3nc(C)c(C)o3)n3c4c(c5cc(S(=O)(=O)N(C)C)ccc53)CCN(CCC1)[C@@H]42. The minimum absolute atomic E-state index is 0.0158. The van der Waals surface area contributed by atoms with E-state index in [4.69, 9.17) is 9.40 Å². The maximum atomic E-state index is 13.0. The highest BCUT2D eigenvalue weighted by Gasteiger charge is 2.51. The average molecular weight is 481 g/mol. The van der Waals surface area contributed by atoms with E-state index in [9.17, 15) is 8.42 Å². The van der Waals surface area contributed by atoms with Gasteiger partial charge in [-0.05, 0) is 75.9 Å². The molecule has 0 N–H and O–H groups in total. The fourth-order valence-electron chi connectivity index (χ4n) is 6.42. The molecule has 6 rings (SSSR count). The number of rotatable bonds is 4. The average Bonchev–Trinajstić information content (AvgIpc) is 3.34. The molecule has 3 aromatic rings. The first-order valence-corrected chi connectivity index (χ1v) is 13.6. The minimum atomic E-state index is -3.52. The number of aromatic nitrogens is 2. The highest BCUT2D eigenvalue weighted by molar-refractivity contribution is 7.89. The molecular weight excluding hydrogens is 448 g/mol. The van der Waals surface area contributed by atoms with Crippen LogP contribution in [0.1, 0.15) is 60.8 Å². The molecule has 0 unspecified atom stereocenters. The molecule has 3 aliphatic rings. The fourth-order valence-corrected chi connectivity index (χ4v) is 7.35. The molecule has 0 aliphatic carbocycles. The highest BCUT2D eigenvalue weighted by atomic mass is 32.2. The van der Waals surface area contributed by atoms with Crippen LogP contribution in [0.4, 0.5) is 0 Å².